The number of rotatable bonds is 1. The molecule has 94 valence electrons. The van der Waals surface area contributed by atoms with E-state index in [2.05, 4.69) is 31.8 Å². The van der Waals surface area contributed by atoms with E-state index in [1.807, 2.05) is 18.2 Å². The lowest BCUT2D eigenvalue weighted by Crippen LogP contribution is -2.10. The van der Waals surface area contributed by atoms with Crippen LogP contribution in [-0.4, -0.2) is 4.98 Å². The van der Waals surface area contributed by atoms with Gasteiger partial charge in [-0.3, -0.25) is 0 Å². The Kier molecular flexibility index (Phi) is 3.31. The molecule has 0 spiro atoms. The van der Waals surface area contributed by atoms with Crippen molar-refractivity contribution < 1.29 is 0 Å². The van der Waals surface area contributed by atoms with Crippen molar-refractivity contribution in [3.05, 3.63) is 47.1 Å². The summed E-state index contributed by atoms with van der Waals surface area (Å²) < 4.78 is 0. The van der Waals surface area contributed by atoms with E-state index >= 15 is 0 Å². The Balaban J connectivity index is 2.45. The molecule has 2 nitrogen and oxygen atoms in total. The Hall–Kier alpha value is -1.54. The number of benzene rings is 1. The first-order valence-electron chi connectivity index (χ1n) is 5.90. The van der Waals surface area contributed by atoms with Crippen molar-refractivity contribution in [1.82, 2.24) is 4.98 Å². The summed E-state index contributed by atoms with van der Waals surface area (Å²) in [5.74, 6) is 0.515. The highest BCUT2D eigenvalue weighted by Gasteiger charge is 2.15. The number of anilines is 1. The Morgan fingerprint density at radius 3 is 2.33 bits per heavy atom. The molecule has 2 rings (SSSR count). The molecule has 0 saturated heterocycles. The number of halogens is 1. The first kappa shape index (κ1) is 12.9. The largest absolute Gasteiger partial charge is 0.384 e. The van der Waals surface area contributed by atoms with E-state index in [9.17, 15) is 0 Å². The van der Waals surface area contributed by atoms with Gasteiger partial charge in [-0.1, -0.05) is 44.5 Å². The van der Waals surface area contributed by atoms with Gasteiger partial charge >= 0.3 is 0 Å². The highest BCUT2D eigenvalue weighted by molar-refractivity contribution is 6.33. The molecular formula is C15H17ClN2. The van der Waals surface area contributed by atoms with Crippen molar-refractivity contribution in [3.63, 3.8) is 0 Å². The van der Waals surface area contributed by atoms with Crippen LogP contribution in [0.1, 0.15) is 26.3 Å². The summed E-state index contributed by atoms with van der Waals surface area (Å²) in [7, 11) is 0. The van der Waals surface area contributed by atoms with Crippen LogP contribution in [0.15, 0.2) is 36.5 Å². The van der Waals surface area contributed by atoms with Gasteiger partial charge in [-0.25, -0.2) is 4.98 Å². The molecule has 0 radical (unpaired) electrons. The molecule has 18 heavy (non-hydrogen) atoms. The zero-order valence-corrected chi connectivity index (χ0v) is 11.6. The topological polar surface area (TPSA) is 38.9 Å². The number of nitrogen functional groups attached to an aromatic ring is 1. The van der Waals surface area contributed by atoms with Crippen LogP contribution in [0.3, 0.4) is 0 Å². The van der Waals surface area contributed by atoms with Gasteiger partial charge in [-0.2, -0.15) is 0 Å². The molecule has 0 aliphatic carbocycles. The van der Waals surface area contributed by atoms with Crippen molar-refractivity contribution in [2.75, 3.05) is 5.73 Å². The second-order valence-electron chi connectivity index (χ2n) is 5.42. The standard InChI is InChI=1S/C15H17ClN2/c1-15(2,3)11-5-6-12(13(16)8-11)10-4-7-14(17)18-9-10/h4-9H,1-3H3,(H2,17,18). The second-order valence-corrected chi connectivity index (χ2v) is 5.82. The van der Waals surface area contributed by atoms with Gasteiger partial charge in [0.1, 0.15) is 5.82 Å². The van der Waals surface area contributed by atoms with Crippen LogP contribution in [0.2, 0.25) is 5.02 Å². The maximum atomic E-state index is 6.35. The Morgan fingerprint density at radius 2 is 1.83 bits per heavy atom. The summed E-state index contributed by atoms with van der Waals surface area (Å²) in [4.78, 5) is 4.09. The third-order valence-electron chi connectivity index (χ3n) is 2.93. The SMILES string of the molecule is CC(C)(C)c1ccc(-c2ccc(N)nc2)c(Cl)c1. The molecule has 0 saturated carbocycles. The van der Waals surface area contributed by atoms with Crippen LogP contribution in [0, 0.1) is 0 Å². The average Bonchev–Trinajstić information content (AvgIpc) is 2.29. The minimum absolute atomic E-state index is 0.0987. The molecule has 2 N–H and O–H groups in total. The lowest BCUT2D eigenvalue weighted by atomic mass is 9.86. The fourth-order valence-corrected chi connectivity index (χ4v) is 2.07. The molecule has 3 heteroatoms. The summed E-state index contributed by atoms with van der Waals surface area (Å²) in [6, 6.07) is 9.88. The quantitative estimate of drug-likeness (QED) is 0.831. The maximum absolute atomic E-state index is 6.35. The predicted molar refractivity (Wildman–Crippen MR) is 77.8 cm³/mol. The van der Waals surface area contributed by atoms with Gasteiger partial charge in [0, 0.05) is 22.3 Å². The van der Waals surface area contributed by atoms with E-state index < -0.39 is 0 Å². The minimum Gasteiger partial charge on any atom is -0.384 e. The summed E-state index contributed by atoms with van der Waals surface area (Å²) >= 11 is 6.35. The van der Waals surface area contributed by atoms with Gasteiger partial charge in [0.05, 0.1) is 0 Å². The van der Waals surface area contributed by atoms with Crippen molar-refractivity contribution in [3.8, 4) is 11.1 Å². The summed E-state index contributed by atoms with van der Waals surface area (Å²) in [5, 5.41) is 0.744. The zero-order chi connectivity index (χ0) is 13.3. The molecule has 2 aromatic rings. The van der Waals surface area contributed by atoms with Crippen molar-refractivity contribution in [1.29, 1.82) is 0 Å². The van der Waals surface area contributed by atoms with E-state index in [1.165, 1.54) is 5.56 Å². The van der Waals surface area contributed by atoms with Gasteiger partial charge in [0.25, 0.3) is 0 Å². The zero-order valence-electron chi connectivity index (χ0n) is 10.9. The predicted octanol–water partition coefficient (Wildman–Crippen LogP) is 4.28. The van der Waals surface area contributed by atoms with Gasteiger partial charge < -0.3 is 5.73 Å². The number of hydrogen-bond acceptors (Lipinski definition) is 2. The molecule has 1 aromatic heterocycles. The van der Waals surface area contributed by atoms with E-state index in [4.69, 9.17) is 17.3 Å². The Morgan fingerprint density at radius 1 is 1.11 bits per heavy atom. The minimum atomic E-state index is 0.0987. The van der Waals surface area contributed by atoms with E-state index in [-0.39, 0.29) is 5.41 Å². The molecule has 0 aliphatic rings. The molecule has 0 aliphatic heterocycles. The number of nitrogens with two attached hydrogens (primary N) is 1. The third kappa shape index (κ3) is 2.65. The van der Waals surface area contributed by atoms with Crippen LogP contribution in [0.4, 0.5) is 5.82 Å². The molecule has 1 aromatic carbocycles. The monoisotopic (exact) mass is 260 g/mol. The Bertz CT molecular complexity index is 554. The fraction of sp³-hybridized carbons (Fsp3) is 0.267. The van der Waals surface area contributed by atoms with Crippen LogP contribution >= 0.6 is 11.6 Å². The third-order valence-corrected chi connectivity index (χ3v) is 3.25. The van der Waals surface area contributed by atoms with Crippen molar-refractivity contribution in [2.45, 2.75) is 26.2 Å². The number of aromatic nitrogens is 1. The van der Waals surface area contributed by atoms with Crippen LogP contribution in [0.25, 0.3) is 11.1 Å². The van der Waals surface area contributed by atoms with E-state index in [1.54, 1.807) is 12.3 Å². The number of pyridine rings is 1. The van der Waals surface area contributed by atoms with Crippen LogP contribution in [-0.2, 0) is 5.41 Å². The van der Waals surface area contributed by atoms with Crippen molar-refractivity contribution in [2.24, 2.45) is 0 Å². The molecule has 0 amide bonds. The highest BCUT2D eigenvalue weighted by atomic mass is 35.5. The smallest absolute Gasteiger partial charge is 0.123 e. The van der Waals surface area contributed by atoms with Crippen LogP contribution < -0.4 is 5.73 Å². The van der Waals surface area contributed by atoms with Gasteiger partial charge in [0.15, 0.2) is 0 Å². The summed E-state index contributed by atoms with van der Waals surface area (Å²) in [5.41, 5.74) is 8.87. The molecule has 0 bridgehead atoms. The Labute approximate surface area is 113 Å². The lowest BCUT2D eigenvalue weighted by Gasteiger charge is -2.20. The fourth-order valence-electron chi connectivity index (χ4n) is 1.78. The molecule has 1 heterocycles. The first-order chi connectivity index (χ1) is 8.38. The van der Waals surface area contributed by atoms with Gasteiger partial charge in [-0.05, 0) is 29.2 Å². The normalized spacial score (nSPS) is 11.6. The average molecular weight is 261 g/mol. The molecule has 0 atom stereocenters. The van der Waals surface area contributed by atoms with E-state index in [0.29, 0.717) is 5.82 Å². The summed E-state index contributed by atoms with van der Waals surface area (Å²) in [6.07, 6.45) is 1.74. The lowest BCUT2D eigenvalue weighted by molar-refractivity contribution is 0.590. The molecule has 0 unspecified atom stereocenters. The first-order valence-corrected chi connectivity index (χ1v) is 6.27. The van der Waals surface area contributed by atoms with Gasteiger partial charge in [-0.15, -0.1) is 0 Å². The molecule has 0 fully saturated rings. The second kappa shape index (κ2) is 4.62. The van der Waals surface area contributed by atoms with Crippen molar-refractivity contribution >= 4 is 17.4 Å². The molecular weight excluding hydrogens is 244 g/mol. The summed E-state index contributed by atoms with van der Waals surface area (Å²) in [6.45, 7) is 6.51. The van der Waals surface area contributed by atoms with Gasteiger partial charge in [0.2, 0.25) is 0 Å². The van der Waals surface area contributed by atoms with E-state index in [0.717, 1.165) is 16.1 Å². The number of nitrogens with zero attached hydrogens (tertiary/aromatic N) is 1. The highest BCUT2D eigenvalue weighted by Crippen LogP contribution is 2.32. The van der Waals surface area contributed by atoms with Crippen LogP contribution in [0.5, 0.6) is 0 Å². The maximum Gasteiger partial charge on any atom is 0.123 e. The number of hydrogen-bond donors (Lipinski definition) is 1.